The Kier molecular flexibility index (Phi) is 7.48. The zero-order valence-corrected chi connectivity index (χ0v) is 25.1. The van der Waals surface area contributed by atoms with Crippen molar-refractivity contribution in [2.24, 2.45) is 5.92 Å². The van der Waals surface area contributed by atoms with E-state index in [9.17, 15) is 0 Å². The maximum absolute atomic E-state index is 5.49. The highest BCUT2D eigenvalue weighted by atomic mass is 32.2. The highest BCUT2D eigenvalue weighted by Crippen LogP contribution is 2.48. The minimum atomic E-state index is 0.694. The number of aryl methyl sites for hydroxylation is 1. The van der Waals surface area contributed by atoms with E-state index in [1.54, 1.807) is 7.11 Å². The molecule has 1 aliphatic heterocycles. The fourth-order valence-corrected chi connectivity index (χ4v) is 8.64. The molecule has 6 heteroatoms. The number of hydrogen-bond donors (Lipinski definition) is 0. The van der Waals surface area contributed by atoms with Gasteiger partial charge in [-0.15, -0.1) is 11.8 Å². The first-order valence-corrected chi connectivity index (χ1v) is 16.4. The SMILES string of the molecule is CCN1C(=CC2=CC3=CC(=Cc4sc5ccc(SC)cc5[n+]4CC)CCC3CC2)Sc2ccc(OC)cc21. The molecule has 1 unspecified atom stereocenters. The van der Waals surface area contributed by atoms with Gasteiger partial charge >= 0.3 is 0 Å². The molecule has 0 saturated heterocycles. The molecule has 196 valence electrons. The lowest BCUT2D eigenvalue weighted by molar-refractivity contribution is -0.665. The van der Waals surface area contributed by atoms with Crippen molar-refractivity contribution in [1.29, 1.82) is 0 Å². The molecule has 0 bridgehead atoms. The summed E-state index contributed by atoms with van der Waals surface area (Å²) < 4.78 is 9.34. The molecule has 0 spiro atoms. The fraction of sp³-hybridized carbons (Fsp3) is 0.344. The molecule has 0 N–H and O–H groups in total. The third-order valence-electron chi connectivity index (χ3n) is 7.86. The average Bonchev–Trinajstić information content (AvgIpc) is 3.47. The minimum absolute atomic E-state index is 0.694. The molecule has 1 atom stereocenters. The van der Waals surface area contributed by atoms with Gasteiger partial charge in [-0.05, 0) is 98.8 Å². The molecule has 3 aliphatic rings. The number of aromatic nitrogens is 1. The number of thioether (sulfide) groups is 2. The average molecular weight is 560 g/mol. The minimum Gasteiger partial charge on any atom is -0.497 e. The number of rotatable bonds is 6. The highest BCUT2D eigenvalue weighted by molar-refractivity contribution is 8.03. The third kappa shape index (κ3) is 4.87. The van der Waals surface area contributed by atoms with Gasteiger partial charge in [-0.2, -0.15) is 4.57 Å². The Balaban J connectivity index is 1.30. The van der Waals surface area contributed by atoms with Crippen LogP contribution in [0.25, 0.3) is 16.3 Å². The number of hydrogen-bond acceptors (Lipinski definition) is 5. The summed E-state index contributed by atoms with van der Waals surface area (Å²) in [6, 6.07) is 13.3. The second kappa shape index (κ2) is 11.0. The van der Waals surface area contributed by atoms with E-state index >= 15 is 0 Å². The van der Waals surface area contributed by atoms with E-state index in [1.165, 1.54) is 71.7 Å². The number of fused-ring (bicyclic) bond motifs is 3. The first-order valence-electron chi connectivity index (χ1n) is 13.6. The van der Waals surface area contributed by atoms with Gasteiger partial charge < -0.3 is 9.64 Å². The molecule has 6 rings (SSSR count). The fourth-order valence-electron chi connectivity index (χ4n) is 5.84. The summed E-state index contributed by atoms with van der Waals surface area (Å²) in [6.07, 6.45) is 16.8. The molecule has 0 amide bonds. The van der Waals surface area contributed by atoms with E-state index in [2.05, 4.69) is 90.3 Å². The van der Waals surface area contributed by atoms with Crippen molar-refractivity contribution in [1.82, 2.24) is 0 Å². The Morgan fingerprint density at radius 1 is 1.08 bits per heavy atom. The number of thiazole rings is 1. The zero-order chi connectivity index (χ0) is 26.2. The lowest BCUT2D eigenvalue weighted by Crippen LogP contribution is -2.33. The number of benzene rings is 2. The van der Waals surface area contributed by atoms with Crippen LogP contribution in [-0.2, 0) is 6.54 Å². The van der Waals surface area contributed by atoms with Crippen molar-refractivity contribution in [3.8, 4) is 5.75 Å². The molecule has 3 aromatic rings. The molecule has 1 aromatic heterocycles. The quantitative estimate of drug-likeness (QED) is 0.221. The number of methoxy groups -OCH3 is 1. The maximum Gasteiger partial charge on any atom is 0.263 e. The standard InChI is InChI=1S/C32H35N2OS3/c1-5-33-27-19-25(35-3)11-13-29(27)37-31(33)17-21-7-9-23-10-8-22(16-24(23)15-21)18-32-34(6-2)28-20-26(36-4)12-14-30(28)38-32/h11-20,23H,5-10H2,1-4H3/q+1. The van der Waals surface area contributed by atoms with E-state index in [0.717, 1.165) is 25.3 Å². The summed E-state index contributed by atoms with van der Waals surface area (Å²) in [5.74, 6) is 1.61. The third-order valence-corrected chi connectivity index (χ3v) is 10.8. The van der Waals surface area contributed by atoms with Crippen molar-refractivity contribution in [2.75, 3.05) is 24.8 Å². The van der Waals surface area contributed by atoms with Crippen molar-refractivity contribution in [3.05, 3.63) is 81.4 Å². The van der Waals surface area contributed by atoms with Crippen molar-refractivity contribution < 1.29 is 9.30 Å². The van der Waals surface area contributed by atoms with Crippen LogP contribution in [0.1, 0.15) is 44.5 Å². The van der Waals surface area contributed by atoms with E-state index in [-0.39, 0.29) is 0 Å². The number of ether oxygens (including phenoxy) is 1. The van der Waals surface area contributed by atoms with Gasteiger partial charge in [0.1, 0.15) is 17.0 Å². The predicted molar refractivity (Wildman–Crippen MR) is 166 cm³/mol. The smallest absolute Gasteiger partial charge is 0.263 e. The Labute approximate surface area is 239 Å². The summed E-state index contributed by atoms with van der Waals surface area (Å²) >= 11 is 5.61. The van der Waals surface area contributed by atoms with Gasteiger partial charge in [0.05, 0.1) is 17.8 Å². The normalized spacial score (nSPS) is 21.1. The van der Waals surface area contributed by atoms with Crippen LogP contribution in [0.3, 0.4) is 0 Å². The second-order valence-corrected chi connectivity index (χ2v) is 13.0. The lowest BCUT2D eigenvalue weighted by Gasteiger charge is -2.28. The second-order valence-electron chi connectivity index (χ2n) is 10.0. The summed E-state index contributed by atoms with van der Waals surface area (Å²) in [4.78, 5) is 5.06. The van der Waals surface area contributed by atoms with E-state index < -0.39 is 0 Å². The van der Waals surface area contributed by atoms with Gasteiger partial charge in [0.2, 0.25) is 5.52 Å². The number of allylic oxidation sites excluding steroid dienone is 6. The van der Waals surface area contributed by atoms with Gasteiger partial charge in [-0.25, -0.2) is 0 Å². The summed E-state index contributed by atoms with van der Waals surface area (Å²) in [7, 11) is 1.74. The molecular formula is C32H35N2OS3+. The van der Waals surface area contributed by atoms with Gasteiger partial charge in [0.15, 0.2) is 0 Å². The van der Waals surface area contributed by atoms with Crippen LogP contribution in [0.5, 0.6) is 5.75 Å². The van der Waals surface area contributed by atoms with E-state index in [0.29, 0.717) is 5.92 Å². The Bertz CT molecular complexity index is 1510. The first kappa shape index (κ1) is 25.8. The Morgan fingerprint density at radius 3 is 2.74 bits per heavy atom. The number of anilines is 1. The van der Waals surface area contributed by atoms with Crippen LogP contribution < -0.4 is 14.2 Å². The van der Waals surface area contributed by atoms with E-state index in [1.807, 2.05) is 34.9 Å². The Hall–Kier alpha value is -2.41. The topological polar surface area (TPSA) is 16.4 Å². The molecule has 0 saturated carbocycles. The molecule has 2 aromatic carbocycles. The first-order chi connectivity index (χ1) is 18.6. The zero-order valence-electron chi connectivity index (χ0n) is 22.6. The van der Waals surface area contributed by atoms with Gasteiger partial charge in [-0.1, -0.05) is 35.3 Å². The highest BCUT2D eigenvalue weighted by Gasteiger charge is 2.27. The molecule has 0 fully saturated rings. The van der Waals surface area contributed by atoms with Crippen molar-refractivity contribution in [3.63, 3.8) is 0 Å². The number of nitrogens with zero attached hydrogens (tertiary/aromatic N) is 2. The molecule has 3 nitrogen and oxygen atoms in total. The summed E-state index contributed by atoms with van der Waals surface area (Å²) in [5, 5.41) is 2.69. The van der Waals surface area contributed by atoms with Crippen molar-refractivity contribution >= 4 is 56.8 Å². The van der Waals surface area contributed by atoms with Crippen LogP contribution in [0, 0.1) is 5.92 Å². The van der Waals surface area contributed by atoms with Crippen LogP contribution in [0.2, 0.25) is 0 Å². The Morgan fingerprint density at radius 2 is 1.95 bits per heavy atom. The molecule has 38 heavy (non-hydrogen) atoms. The predicted octanol–water partition coefficient (Wildman–Crippen LogP) is 8.85. The van der Waals surface area contributed by atoms with Crippen LogP contribution in [0.15, 0.2) is 86.2 Å². The molecule has 2 aliphatic carbocycles. The van der Waals surface area contributed by atoms with Gasteiger partial charge in [0, 0.05) is 34.5 Å². The van der Waals surface area contributed by atoms with Crippen molar-refractivity contribution in [2.45, 2.75) is 55.9 Å². The van der Waals surface area contributed by atoms with Crippen LogP contribution >= 0.6 is 34.9 Å². The monoisotopic (exact) mass is 559 g/mol. The largest absolute Gasteiger partial charge is 0.497 e. The lowest BCUT2D eigenvalue weighted by atomic mass is 9.77. The molecule has 0 radical (unpaired) electrons. The maximum atomic E-state index is 5.49. The summed E-state index contributed by atoms with van der Waals surface area (Å²) in [5.41, 5.74) is 7.04. The van der Waals surface area contributed by atoms with Gasteiger partial charge in [0.25, 0.3) is 5.01 Å². The van der Waals surface area contributed by atoms with Crippen LogP contribution in [0.4, 0.5) is 5.69 Å². The van der Waals surface area contributed by atoms with Crippen LogP contribution in [-0.4, -0.2) is 19.9 Å². The molecule has 2 heterocycles. The van der Waals surface area contributed by atoms with Gasteiger partial charge in [-0.3, -0.25) is 0 Å². The molecular weight excluding hydrogens is 525 g/mol. The van der Waals surface area contributed by atoms with E-state index in [4.69, 9.17) is 4.74 Å². The summed E-state index contributed by atoms with van der Waals surface area (Å²) in [6.45, 7) is 6.44.